The molecule has 1 heterocycles. The molecule has 1 aliphatic rings. The van der Waals surface area contributed by atoms with Crippen LogP contribution in [0, 0.1) is 17.0 Å². The number of hydrogen-bond donors (Lipinski definition) is 2. The predicted molar refractivity (Wildman–Crippen MR) is 84.1 cm³/mol. The monoisotopic (exact) mass is 326 g/mol. The molecule has 4 nitrogen and oxygen atoms in total. The fraction of sp³-hybridized carbons (Fsp3) is 0.588. The second-order valence-corrected chi connectivity index (χ2v) is 6.22. The Bertz CT molecular complexity index is 537. The Morgan fingerprint density at radius 3 is 2.65 bits per heavy atom. The number of aliphatic hydroxyl groups is 1. The van der Waals surface area contributed by atoms with Crippen LogP contribution in [0.3, 0.4) is 0 Å². The van der Waals surface area contributed by atoms with Gasteiger partial charge in [-0.1, -0.05) is 6.92 Å². The van der Waals surface area contributed by atoms with Gasteiger partial charge >= 0.3 is 6.03 Å². The Labute approximate surface area is 135 Å². The molecule has 0 radical (unpaired) electrons. The quantitative estimate of drug-likeness (QED) is 0.874. The second kappa shape index (κ2) is 7.73. The topological polar surface area (TPSA) is 52.6 Å². The molecule has 0 spiro atoms. The minimum atomic E-state index is -0.483. The number of nitrogens with one attached hydrogen (secondary N) is 1. The Hall–Kier alpha value is -1.69. The van der Waals surface area contributed by atoms with Crippen LogP contribution >= 0.6 is 0 Å². The van der Waals surface area contributed by atoms with Crippen molar-refractivity contribution in [3.63, 3.8) is 0 Å². The van der Waals surface area contributed by atoms with Crippen molar-refractivity contribution < 1.29 is 18.7 Å². The molecule has 6 heteroatoms. The highest BCUT2D eigenvalue weighted by molar-refractivity contribution is 5.74. The summed E-state index contributed by atoms with van der Waals surface area (Å²) >= 11 is 0. The molecule has 2 rings (SSSR count). The highest BCUT2D eigenvalue weighted by Crippen LogP contribution is 2.34. The minimum absolute atomic E-state index is 0.0680. The van der Waals surface area contributed by atoms with Gasteiger partial charge in [0.2, 0.25) is 0 Å². The van der Waals surface area contributed by atoms with Crippen LogP contribution in [0.1, 0.15) is 31.7 Å². The van der Waals surface area contributed by atoms with Crippen molar-refractivity contribution in [1.82, 2.24) is 10.2 Å². The standard InChI is InChI=1S/C17H24F2N2O2/c1-2-17(12-22)6-9-21(10-7-17)16(23)20-8-5-13-11-14(18)3-4-15(13)19/h3-4,11,22H,2,5-10,12H2,1H3,(H,20,23). The van der Waals surface area contributed by atoms with Gasteiger partial charge in [-0.15, -0.1) is 0 Å². The van der Waals surface area contributed by atoms with Crippen molar-refractivity contribution in [3.05, 3.63) is 35.4 Å². The normalized spacial score (nSPS) is 17.1. The zero-order valence-corrected chi connectivity index (χ0v) is 13.4. The Morgan fingerprint density at radius 2 is 2.04 bits per heavy atom. The molecule has 0 aliphatic carbocycles. The number of amides is 2. The van der Waals surface area contributed by atoms with Crippen LogP contribution in [-0.4, -0.2) is 42.3 Å². The van der Waals surface area contributed by atoms with Gasteiger partial charge in [-0.05, 0) is 54.9 Å². The first-order valence-corrected chi connectivity index (χ1v) is 8.07. The number of nitrogens with zero attached hydrogens (tertiary/aromatic N) is 1. The first kappa shape index (κ1) is 17.7. The number of hydrogen-bond acceptors (Lipinski definition) is 2. The maximum atomic E-state index is 13.5. The molecule has 1 aromatic carbocycles. The number of rotatable bonds is 5. The van der Waals surface area contributed by atoms with Crippen LogP contribution in [0.5, 0.6) is 0 Å². The number of carbonyl (C=O) groups excluding carboxylic acids is 1. The summed E-state index contributed by atoms with van der Waals surface area (Å²) in [6, 6.07) is 3.13. The van der Waals surface area contributed by atoms with Crippen molar-refractivity contribution >= 4 is 6.03 Å². The third-order valence-corrected chi connectivity index (χ3v) is 4.88. The van der Waals surface area contributed by atoms with E-state index in [9.17, 15) is 18.7 Å². The van der Waals surface area contributed by atoms with Gasteiger partial charge in [-0.3, -0.25) is 0 Å². The molecule has 1 aliphatic heterocycles. The van der Waals surface area contributed by atoms with E-state index in [2.05, 4.69) is 12.2 Å². The molecule has 0 saturated carbocycles. The third-order valence-electron chi connectivity index (χ3n) is 4.88. The number of piperidine rings is 1. The fourth-order valence-corrected chi connectivity index (χ4v) is 2.96. The number of halogens is 2. The maximum Gasteiger partial charge on any atom is 0.317 e. The van der Waals surface area contributed by atoms with Crippen LogP contribution in [0.2, 0.25) is 0 Å². The predicted octanol–water partition coefficient (Wildman–Crippen LogP) is 2.70. The number of urea groups is 1. The summed E-state index contributed by atoms with van der Waals surface area (Å²) in [4.78, 5) is 13.8. The molecular formula is C17H24F2N2O2. The van der Waals surface area contributed by atoms with Crippen molar-refractivity contribution in [2.75, 3.05) is 26.2 Å². The smallest absolute Gasteiger partial charge is 0.317 e. The van der Waals surface area contributed by atoms with E-state index in [0.717, 1.165) is 37.5 Å². The van der Waals surface area contributed by atoms with E-state index >= 15 is 0 Å². The van der Waals surface area contributed by atoms with E-state index < -0.39 is 11.6 Å². The van der Waals surface area contributed by atoms with Crippen molar-refractivity contribution in [1.29, 1.82) is 0 Å². The summed E-state index contributed by atoms with van der Waals surface area (Å²) in [6.07, 6.45) is 2.72. The number of carbonyl (C=O) groups is 1. The minimum Gasteiger partial charge on any atom is -0.396 e. The van der Waals surface area contributed by atoms with E-state index in [-0.39, 0.29) is 36.6 Å². The molecule has 0 bridgehead atoms. The summed E-state index contributed by atoms with van der Waals surface area (Å²) in [5.74, 6) is -0.946. The van der Waals surface area contributed by atoms with Gasteiger partial charge in [-0.25, -0.2) is 13.6 Å². The average Bonchev–Trinajstić information content (AvgIpc) is 2.58. The Kier molecular flexibility index (Phi) is 5.93. The van der Waals surface area contributed by atoms with Crippen LogP contribution < -0.4 is 5.32 Å². The lowest BCUT2D eigenvalue weighted by atomic mass is 9.77. The Balaban J connectivity index is 1.79. The molecule has 1 aromatic rings. The average molecular weight is 326 g/mol. The van der Waals surface area contributed by atoms with Gasteiger partial charge in [-0.2, -0.15) is 0 Å². The van der Waals surface area contributed by atoms with E-state index in [4.69, 9.17) is 0 Å². The summed E-state index contributed by atoms with van der Waals surface area (Å²) in [7, 11) is 0. The molecule has 23 heavy (non-hydrogen) atoms. The van der Waals surface area contributed by atoms with Gasteiger partial charge in [0.1, 0.15) is 11.6 Å². The van der Waals surface area contributed by atoms with E-state index in [0.29, 0.717) is 13.1 Å². The zero-order valence-electron chi connectivity index (χ0n) is 13.4. The van der Waals surface area contributed by atoms with Crippen molar-refractivity contribution in [2.24, 2.45) is 5.41 Å². The van der Waals surface area contributed by atoms with Crippen molar-refractivity contribution in [2.45, 2.75) is 32.6 Å². The zero-order chi connectivity index (χ0) is 16.9. The summed E-state index contributed by atoms with van der Waals surface area (Å²) in [5.41, 5.74) is 0.191. The lowest BCUT2D eigenvalue weighted by molar-refractivity contribution is 0.0520. The van der Waals surface area contributed by atoms with Crippen LogP contribution in [0.15, 0.2) is 18.2 Å². The largest absolute Gasteiger partial charge is 0.396 e. The van der Waals surface area contributed by atoms with E-state index in [1.165, 1.54) is 0 Å². The van der Waals surface area contributed by atoms with Gasteiger partial charge in [0, 0.05) is 26.2 Å². The van der Waals surface area contributed by atoms with Crippen LogP contribution in [-0.2, 0) is 6.42 Å². The van der Waals surface area contributed by atoms with Gasteiger partial charge < -0.3 is 15.3 Å². The Morgan fingerprint density at radius 1 is 1.35 bits per heavy atom. The first-order valence-electron chi connectivity index (χ1n) is 8.07. The van der Waals surface area contributed by atoms with Crippen molar-refractivity contribution in [3.8, 4) is 0 Å². The lowest BCUT2D eigenvalue weighted by Gasteiger charge is -2.40. The number of benzene rings is 1. The molecular weight excluding hydrogens is 302 g/mol. The molecule has 1 saturated heterocycles. The molecule has 2 N–H and O–H groups in total. The van der Waals surface area contributed by atoms with Gasteiger partial charge in [0.05, 0.1) is 0 Å². The first-order chi connectivity index (χ1) is 11.0. The fourth-order valence-electron chi connectivity index (χ4n) is 2.96. The summed E-state index contributed by atoms with van der Waals surface area (Å²) < 4.78 is 26.6. The molecule has 128 valence electrons. The molecule has 2 amide bonds. The third kappa shape index (κ3) is 4.41. The second-order valence-electron chi connectivity index (χ2n) is 6.22. The maximum absolute atomic E-state index is 13.5. The van der Waals surface area contributed by atoms with Gasteiger partial charge in [0.25, 0.3) is 0 Å². The molecule has 0 unspecified atom stereocenters. The molecule has 0 atom stereocenters. The highest BCUT2D eigenvalue weighted by Gasteiger charge is 2.33. The van der Waals surface area contributed by atoms with E-state index in [1.54, 1.807) is 4.90 Å². The molecule has 0 aromatic heterocycles. The summed E-state index contributed by atoms with van der Waals surface area (Å²) in [6.45, 7) is 3.68. The van der Waals surface area contributed by atoms with E-state index in [1.807, 2.05) is 0 Å². The lowest BCUT2D eigenvalue weighted by Crippen LogP contribution is -2.48. The number of aliphatic hydroxyl groups excluding tert-OH is 1. The highest BCUT2D eigenvalue weighted by atomic mass is 19.1. The SMILES string of the molecule is CCC1(CO)CCN(C(=O)NCCc2cc(F)ccc2F)CC1. The summed E-state index contributed by atoms with van der Waals surface area (Å²) in [5, 5.41) is 12.2. The van der Waals surface area contributed by atoms with Gasteiger partial charge in [0.15, 0.2) is 0 Å². The van der Waals surface area contributed by atoms with Crippen LogP contribution in [0.25, 0.3) is 0 Å². The molecule has 1 fully saturated rings. The number of likely N-dealkylation sites (tertiary alicyclic amines) is 1. The van der Waals surface area contributed by atoms with Crippen LogP contribution in [0.4, 0.5) is 13.6 Å².